The zero-order valence-corrected chi connectivity index (χ0v) is 10.7. The number of hydrogen-bond donors (Lipinski definition) is 1. The highest BCUT2D eigenvalue weighted by Gasteiger charge is 2.32. The van der Waals surface area contributed by atoms with Crippen LogP contribution in [-0.4, -0.2) is 60.3 Å². The van der Waals surface area contributed by atoms with E-state index in [0.717, 1.165) is 24.9 Å². The van der Waals surface area contributed by atoms with E-state index >= 15 is 0 Å². The lowest BCUT2D eigenvalue weighted by atomic mass is 9.91. The number of aliphatic hydroxyl groups excluding tert-OH is 1. The average Bonchev–Trinajstić information content (AvgIpc) is 2.66. The maximum atomic E-state index is 9.55. The van der Waals surface area contributed by atoms with Crippen LogP contribution in [0.3, 0.4) is 0 Å². The van der Waals surface area contributed by atoms with Gasteiger partial charge in [-0.2, -0.15) is 0 Å². The molecule has 1 aliphatic heterocycles. The van der Waals surface area contributed by atoms with Crippen LogP contribution in [0, 0.1) is 0 Å². The average molecular weight is 226 g/mol. The minimum Gasteiger partial charge on any atom is -0.393 e. The fraction of sp³-hybridized carbons (Fsp3) is 1.00. The van der Waals surface area contributed by atoms with Gasteiger partial charge in [-0.25, -0.2) is 0 Å². The fourth-order valence-corrected chi connectivity index (χ4v) is 3.35. The van der Waals surface area contributed by atoms with Crippen LogP contribution in [0.15, 0.2) is 0 Å². The maximum Gasteiger partial charge on any atom is 0.0541 e. The minimum absolute atomic E-state index is 0.0221. The Morgan fingerprint density at radius 3 is 2.44 bits per heavy atom. The Kier molecular flexibility index (Phi) is 4.22. The lowest BCUT2D eigenvalue weighted by Crippen LogP contribution is -2.45. The third kappa shape index (κ3) is 2.96. The monoisotopic (exact) mass is 226 g/mol. The normalized spacial score (nSPS) is 37.1. The van der Waals surface area contributed by atoms with Crippen LogP contribution in [0.4, 0.5) is 0 Å². The molecule has 0 bridgehead atoms. The first-order valence-electron chi connectivity index (χ1n) is 6.75. The Balaban J connectivity index is 1.87. The van der Waals surface area contributed by atoms with Gasteiger partial charge in [-0.1, -0.05) is 0 Å². The van der Waals surface area contributed by atoms with Crippen molar-refractivity contribution in [1.29, 1.82) is 0 Å². The van der Waals surface area contributed by atoms with Crippen LogP contribution in [0.2, 0.25) is 0 Å². The van der Waals surface area contributed by atoms with E-state index < -0.39 is 0 Å². The summed E-state index contributed by atoms with van der Waals surface area (Å²) in [5.41, 5.74) is 0. The Bertz CT molecular complexity index is 212. The van der Waals surface area contributed by atoms with E-state index in [1.807, 2.05) is 0 Å². The summed E-state index contributed by atoms with van der Waals surface area (Å²) in [6.07, 6.45) is 7.11. The lowest BCUT2D eigenvalue weighted by Gasteiger charge is -2.37. The summed E-state index contributed by atoms with van der Waals surface area (Å²) in [5, 5.41) is 9.55. The quantitative estimate of drug-likeness (QED) is 0.786. The Labute approximate surface area is 99.4 Å². The fourth-order valence-electron chi connectivity index (χ4n) is 3.35. The molecule has 0 aromatic carbocycles. The van der Waals surface area contributed by atoms with Gasteiger partial charge in [0.1, 0.15) is 0 Å². The Morgan fingerprint density at radius 1 is 1.12 bits per heavy atom. The van der Waals surface area contributed by atoms with Gasteiger partial charge in [-0.3, -0.25) is 4.90 Å². The summed E-state index contributed by atoms with van der Waals surface area (Å²) in [5.74, 6) is 0. The smallest absolute Gasteiger partial charge is 0.0541 e. The second-order valence-electron chi connectivity index (χ2n) is 5.76. The topological polar surface area (TPSA) is 26.7 Å². The summed E-state index contributed by atoms with van der Waals surface area (Å²) < 4.78 is 0. The molecule has 1 saturated carbocycles. The van der Waals surface area contributed by atoms with Gasteiger partial charge in [0.25, 0.3) is 0 Å². The predicted octanol–water partition coefficient (Wildman–Crippen LogP) is 1.32. The highest BCUT2D eigenvalue weighted by molar-refractivity contribution is 4.88. The molecule has 1 unspecified atom stereocenters. The van der Waals surface area contributed by atoms with Crippen molar-refractivity contribution < 1.29 is 5.11 Å². The summed E-state index contributed by atoms with van der Waals surface area (Å²) >= 11 is 0. The molecular formula is C13H26N2O. The highest BCUT2D eigenvalue weighted by Crippen LogP contribution is 2.29. The molecule has 2 aliphatic rings. The molecule has 1 heterocycles. The molecule has 2 rings (SSSR count). The van der Waals surface area contributed by atoms with Crippen molar-refractivity contribution in [3.63, 3.8) is 0 Å². The highest BCUT2D eigenvalue weighted by atomic mass is 16.3. The van der Waals surface area contributed by atoms with Crippen molar-refractivity contribution in [2.75, 3.05) is 27.2 Å². The molecule has 1 N–H and O–H groups in total. The van der Waals surface area contributed by atoms with E-state index in [-0.39, 0.29) is 6.10 Å². The number of hydrogen-bond acceptors (Lipinski definition) is 3. The van der Waals surface area contributed by atoms with E-state index in [0.29, 0.717) is 0 Å². The zero-order chi connectivity index (χ0) is 11.5. The Hall–Kier alpha value is -0.120. The summed E-state index contributed by atoms with van der Waals surface area (Å²) in [7, 11) is 4.34. The molecule has 1 aliphatic carbocycles. The molecule has 0 aromatic heterocycles. The van der Waals surface area contributed by atoms with Crippen LogP contribution in [0.25, 0.3) is 0 Å². The van der Waals surface area contributed by atoms with Crippen LogP contribution in [0.1, 0.15) is 38.5 Å². The summed E-state index contributed by atoms with van der Waals surface area (Å²) in [4.78, 5) is 5.02. The van der Waals surface area contributed by atoms with Gasteiger partial charge in [0.05, 0.1) is 6.10 Å². The van der Waals surface area contributed by atoms with Gasteiger partial charge in [0.2, 0.25) is 0 Å². The third-order valence-corrected chi connectivity index (χ3v) is 4.13. The van der Waals surface area contributed by atoms with Crippen molar-refractivity contribution in [2.45, 2.75) is 56.7 Å². The van der Waals surface area contributed by atoms with E-state index in [4.69, 9.17) is 0 Å². The molecule has 0 radical (unpaired) electrons. The zero-order valence-electron chi connectivity index (χ0n) is 10.7. The first kappa shape index (κ1) is 12.3. The van der Waals surface area contributed by atoms with E-state index in [1.165, 1.54) is 38.8 Å². The van der Waals surface area contributed by atoms with E-state index in [1.54, 1.807) is 0 Å². The third-order valence-electron chi connectivity index (χ3n) is 4.13. The van der Waals surface area contributed by atoms with Crippen LogP contribution < -0.4 is 0 Å². The van der Waals surface area contributed by atoms with Gasteiger partial charge >= 0.3 is 0 Å². The molecule has 1 saturated heterocycles. The number of aliphatic hydroxyl groups is 1. The number of nitrogens with zero attached hydrogens (tertiary/aromatic N) is 2. The lowest BCUT2D eigenvalue weighted by molar-refractivity contribution is 0.0626. The molecule has 0 amide bonds. The molecule has 3 nitrogen and oxygen atoms in total. The molecule has 3 heteroatoms. The number of rotatable bonds is 3. The van der Waals surface area contributed by atoms with Crippen LogP contribution in [-0.2, 0) is 0 Å². The maximum absolute atomic E-state index is 9.55. The minimum atomic E-state index is -0.0221. The number of likely N-dealkylation sites (tertiary alicyclic amines) is 1. The van der Waals surface area contributed by atoms with Gasteiger partial charge < -0.3 is 10.0 Å². The van der Waals surface area contributed by atoms with Gasteiger partial charge in [-0.15, -0.1) is 0 Å². The van der Waals surface area contributed by atoms with Crippen LogP contribution in [0.5, 0.6) is 0 Å². The molecule has 0 aromatic rings. The van der Waals surface area contributed by atoms with Crippen molar-refractivity contribution >= 4 is 0 Å². The largest absolute Gasteiger partial charge is 0.393 e. The second-order valence-corrected chi connectivity index (χ2v) is 5.76. The molecule has 0 spiro atoms. The van der Waals surface area contributed by atoms with Crippen molar-refractivity contribution in [3.05, 3.63) is 0 Å². The molecule has 1 atom stereocenters. The molecular weight excluding hydrogens is 200 g/mol. The van der Waals surface area contributed by atoms with Crippen molar-refractivity contribution in [3.8, 4) is 0 Å². The molecule has 2 fully saturated rings. The van der Waals surface area contributed by atoms with Gasteiger partial charge in [0.15, 0.2) is 0 Å². The molecule has 94 valence electrons. The second kappa shape index (κ2) is 5.48. The van der Waals surface area contributed by atoms with E-state index in [9.17, 15) is 5.11 Å². The first-order chi connectivity index (χ1) is 7.66. The van der Waals surface area contributed by atoms with Crippen molar-refractivity contribution in [1.82, 2.24) is 9.80 Å². The standard InChI is InChI=1S/C13H26N2O/c1-14(2)10-12-4-3-9-15(12)11-5-7-13(16)8-6-11/h11-13,16H,3-10H2,1-2H3. The first-order valence-corrected chi connectivity index (χ1v) is 6.75. The van der Waals surface area contributed by atoms with Crippen molar-refractivity contribution in [2.24, 2.45) is 0 Å². The predicted molar refractivity (Wildman–Crippen MR) is 66.5 cm³/mol. The summed E-state index contributed by atoms with van der Waals surface area (Å²) in [6.45, 7) is 2.47. The summed E-state index contributed by atoms with van der Waals surface area (Å²) in [6, 6.07) is 1.51. The molecule has 16 heavy (non-hydrogen) atoms. The van der Waals surface area contributed by atoms with Gasteiger partial charge in [0, 0.05) is 18.6 Å². The SMILES string of the molecule is CN(C)CC1CCCN1C1CCC(O)CC1. The van der Waals surface area contributed by atoms with Crippen LogP contribution >= 0.6 is 0 Å². The van der Waals surface area contributed by atoms with Gasteiger partial charge in [-0.05, 0) is 59.2 Å². The van der Waals surface area contributed by atoms with E-state index in [2.05, 4.69) is 23.9 Å². The number of likely N-dealkylation sites (N-methyl/N-ethyl adjacent to an activating group) is 1. The Morgan fingerprint density at radius 2 is 1.81 bits per heavy atom.